The molecule has 0 unspecified atom stereocenters. The van der Waals surface area contributed by atoms with Gasteiger partial charge in [0.1, 0.15) is 5.69 Å². The predicted molar refractivity (Wildman–Crippen MR) is 69.0 cm³/mol. The molecule has 0 saturated carbocycles. The van der Waals surface area contributed by atoms with Gasteiger partial charge in [-0.15, -0.1) is 0 Å². The summed E-state index contributed by atoms with van der Waals surface area (Å²) >= 11 is 0. The Bertz CT molecular complexity index is 652. The average molecular weight is 260 g/mol. The highest BCUT2D eigenvalue weighted by molar-refractivity contribution is 5.93. The Morgan fingerprint density at radius 2 is 2.32 bits per heavy atom. The van der Waals surface area contributed by atoms with Crippen LogP contribution in [0.3, 0.4) is 0 Å². The van der Waals surface area contributed by atoms with Crippen molar-refractivity contribution in [3.8, 4) is 11.3 Å². The third kappa shape index (κ3) is 1.61. The second-order valence-electron chi connectivity index (χ2n) is 4.75. The fourth-order valence-electron chi connectivity index (χ4n) is 2.78. The third-order valence-corrected chi connectivity index (χ3v) is 3.77. The maximum absolute atomic E-state index is 12.1. The minimum atomic E-state index is -0.266. The van der Waals surface area contributed by atoms with Crippen LogP contribution in [0.25, 0.3) is 11.3 Å². The molecule has 0 aliphatic heterocycles. The summed E-state index contributed by atoms with van der Waals surface area (Å²) in [6.07, 6.45) is 3.43. The van der Waals surface area contributed by atoms with E-state index in [2.05, 4.69) is 5.16 Å². The van der Waals surface area contributed by atoms with Crippen LogP contribution >= 0.6 is 0 Å². The fraction of sp³-hybridized carbons (Fsp3) is 0.429. The molecule has 5 heteroatoms. The highest BCUT2D eigenvalue weighted by atomic mass is 16.5. The Labute approximate surface area is 111 Å². The molecule has 0 radical (unpaired) electrons. The highest BCUT2D eigenvalue weighted by Crippen LogP contribution is 2.39. The maximum Gasteiger partial charge on any atom is 0.355 e. The lowest BCUT2D eigenvalue weighted by atomic mass is 9.91. The molecule has 0 amide bonds. The van der Waals surface area contributed by atoms with Crippen LogP contribution in [0.4, 0.5) is 0 Å². The molecule has 2 heterocycles. The smallest absolute Gasteiger partial charge is 0.355 e. The fourth-order valence-corrected chi connectivity index (χ4v) is 2.78. The number of rotatable bonds is 2. The summed E-state index contributed by atoms with van der Waals surface area (Å²) in [5, 5.41) is 3.86. The van der Waals surface area contributed by atoms with Crippen LogP contribution in [-0.4, -0.2) is 22.3 Å². The predicted octanol–water partition coefficient (Wildman–Crippen LogP) is 2.26. The van der Waals surface area contributed by atoms with E-state index < -0.39 is 0 Å². The number of nitrogens with zero attached hydrogens (tertiary/aromatic N) is 2. The van der Waals surface area contributed by atoms with E-state index in [1.54, 1.807) is 6.20 Å². The van der Waals surface area contributed by atoms with Gasteiger partial charge in [-0.05, 0) is 32.3 Å². The molecule has 0 bridgehead atoms. The quantitative estimate of drug-likeness (QED) is 0.777. The number of aryl methyl sites for hydroxylation is 1. The molecule has 1 aliphatic carbocycles. The molecule has 0 saturated heterocycles. The van der Waals surface area contributed by atoms with Crippen LogP contribution in [0, 0.1) is 6.92 Å². The second-order valence-corrected chi connectivity index (χ2v) is 4.75. The minimum absolute atomic E-state index is 0.266. The summed E-state index contributed by atoms with van der Waals surface area (Å²) in [6.45, 7) is 4.18. The largest absolute Gasteiger partial charge is 0.461 e. The number of hydrogen-bond acceptors (Lipinski definition) is 4. The van der Waals surface area contributed by atoms with Crippen LogP contribution < -0.4 is 0 Å². The van der Waals surface area contributed by atoms with Crippen molar-refractivity contribution < 1.29 is 14.1 Å². The van der Waals surface area contributed by atoms with Gasteiger partial charge in [0.2, 0.25) is 0 Å². The molecule has 0 aromatic carbocycles. The molecule has 0 N–H and O–H groups in total. The van der Waals surface area contributed by atoms with E-state index >= 15 is 0 Å². The summed E-state index contributed by atoms with van der Waals surface area (Å²) in [6, 6.07) is 0. The summed E-state index contributed by atoms with van der Waals surface area (Å²) in [7, 11) is 1.88. The van der Waals surface area contributed by atoms with E-state index in [0.29, 0.717) is 12.3 Å². The Hall–Kier alpha value is -2.04. The molecule has 1 aliphatic rings. The number of hydrogen-bond donors (Lipinski definition) is 0. The molecule has 2 aromatic heterocycles. The maximum atomic E-state index is 12.1. The summed E-state index contributed by atoms with van der Waals surface area (Å²) in [5.74, 6) is 0.530. The third-order valence-electron chi connectivity index (χ3n) is 3.77. The monoisotopic (exact) mass is 260 g/mol. The minimum Gasteiger partial charge on any atom is -0.461 e. The van der Waals surface area contributed by atoms with Gasteiger partial charge in [-0.2, -0.15) is 0 Å². The summed E-state index contributed by atoms with van der Waals surface area (Å²) in [4.78, 5) is 12.1. The SMILES string of the molecule is CCOC(=O)c1c2c(c(C)n1C)-c1oncc1CC2. The van der Waals surface area contributed by atoms with E-state index in [0.717, 1.165) is 41.0 Å². The molecular weight excluding hydrogens is 244 g/mol. The number of carbonyl (C=O) groups excluding carboxylic acids is 1. The first-order valence-corrected chi connectivity index (χ1v) is 6.44. The van der Waals surface area contributed by atoms with Gasteiger partial charge in [0, 0.05) is 23.9 Å². The van der Waals surface area contributed by atoms with Crippen molar-refractivity contribution in [2.24, 2.45) is 7.05 Å². The van der Waals surface area contributed by atoms with Gasteiger partial charge in [0.25, 0.3) is 0 Å². The van der Waals surface area contributed by atoms with E-state index in [4.69, 9.17) is 9.26 Å². The van der Waals surface area contributed by atoms with Gasteiger partial charge >= 0.3 is 5.97 Å². The molecule has 0 atom stereocenters. The zero-order valence-electron chi connectivity index (χ0n) is 11.3. The standard InChI is InChI=1S/C14H16N2O3/c1-4-18-14(17)12-10-6-5-9-7-15-19-13(9)11(10)8(2)16(12)3/h7H,4-6H2,1-3H3. The lowest BCUT2D eigenvalue weighted by molar-refractivity contribution is 0.0513. The number of carbonyl (C=O) groups is 1. The summed E-state index contributed by atoms with van der Waals surface area (Å²) in [5.41, 5.74) is 4.77. The Morgan fingerprint density at radius 3 is 3.05 bits per heavy atom. The van der Waals surface area contributed by atoms with Crippen LogP contribution in [0.2, 0.25) is 0 Å². The van der Waals surface area contributed by atoms with Gasteiger partial charge in [-0.25, -0.2) is 4.79 Å². The van der Waals surface area contributed by atoms with Crippen molar-refractivity contribution in [1.82, 2.24) is 9.72 Å². The second kappa shape index (κ2) is 4.26. The van der Waals surface area contributed by atoms with Gasteiger partial charge in [0.05, 0.1) is 12.8 Å². The van der Waals surface area contributed by atoms with E-state index in [9.17, 15) is 4.79 Å². The first-order valence-electron chi connectivity index (χ1n) is 6.44. The van der Waals surface area contributed by atoms with Gasteiger partial charge in [-0.3, -0.25) is 0 Å². The molecule has 0 fully saturated rings. The lowest BCUT2D eigenvalue weighted by Gasteiger charge is -2.11. The molecule has 2 aromatic rings. The normalized spacial score (nSPS) is 13.0. The van der Waals surface area contributed by atoms with E-state index in [-0.39, 0.29) is 5.97 Å². The lowest BCUT2D eigenvalue weighted by Crippen LogP contribution is -2.13. The van der Waals surface area contributed by atoms with E-state index in [1.165, 1.54) is 0 Å². The number of ether oxygens (including phenoxy) is 1. The average Bonchev–Trinajstić information content (AvgIpc) is 2.94. The number of aromatic nitrogens is 2. The van der Waals surface area contributed by atoms with Gasteiger partial charge in [0.15, 0.2) is 5.76 Å². The number of esters is 1. The zero-order chi connectivity index (χ0) is 13.6. The van der Waals surface area contributed by atoms with Crippen LogP contribution in [0.5, 0.6) is 0 Å². The highest BCUT2D eigenvalue weighted by Gasteiger charge is 2.31. The van der Waals surface area contributed by atoms with Crippen LogP contribution in [0.15, 0.2) is 10.7 Å². The molecule has 0 spiro atoms. The van der Waals surface area contributed by atoms with Crippen molar-refractivity contribution in [3.05, 3.63) is 28.7 Å². The van der Waals surface area contributed by atoms with Crippen LogP contribution in [-0.2, 0) is 24.6 Å². The first-order chi connectivity index (χ1) is 9.15. The molecule has 5 nitrogen and oxygen atoms in total. The van der Waals surface area contributed by atoms with E-state index in [1.807, 2.05) is 25.5 Å². The Balaban J connectivity index is 2.21. The van der Waals surface area contributed by atoms with Crippen molar-refractivity contribution in [3.63, 3.8) is 0 Å². The van der Waals surface area contributed by atoms with Crippen molar-refractivity contribution in [2.75, 3.05) is 6.61 Å². The van der Waals surface area contributed by atoms with Crippen molar-refractivity contribution in [1.29, 1.82) is 0 Å². The molecule has 3 rings (SSSR count). The summed E-state index contributed by atoms with van der Waals surface area (Å²) < 4.78 is 12.4. The Morgan fingerprint density at radius 1 is 1.53 bits per heavy atom. The van der Waals surface area contributed by atoms with Crippen LogP contribution in [0.1, 0.15) is 34.2 Å². The number of fused-ring (bicyclic) bond motifs is 3. The molecule has 100 valence electrons. The zero-order valence-corrected chi connectivity index (χ0v) is 11.3. The van der Waals surface area contributed by atoms with Crippen molar-refractivity contribution >= 4 is 5.97 Å². The molecule has 19 heavy (non-hydrogen) atoms. The topological polar surface area (TPSA) is 57.3 Å². The van der Waals surface area contributed by atoms with Gasteiger partial charge in [-0.1, -0.05) is 5.16 Å². The Kier molecular flexibility index (Phi) is 2.69. The first kappa shape index (κ1) is 12.0. The van der Waals surface area contributed by atoms with Crippen molar-refractivity contribution in [2.45, 2.75) is 26.7 Å². The molecular formula is C14H16N2O3. The van der Waals surface area contributed by atoms with Gasteiger partial charge < -0.3 is 13.8 Å².